The molecule has 1 aliphatic heterocycles. The molecule has 9 nitrogen and oxygen atoms in total. The summed E-state index contributed by atoms with van der Waals surface area (Å²) in [4.78, 5) is 39.4. The average Bonchev–Trinajstić information content (AvgIpc) is 2.82. The molecule has 2 amide bonds. The number of nitrogens with zero attached hydrogens (tertiary/aromatic N) is 2. The van der Waals surface area contributed by atoms with E-state index in [-0.39, 0.29) is 36.1 Å². The molecule has 2 rings (SSSR count). The lowest BCUT2D eigenvalue weighted by Gasteiger charge is -2.19. The second kappa shape index (κ2) is 9.05. The SMILES string of the molecule is CC(CCC(=O)N[C@H]1CCCN(S(=O)(=O)c2cccnc2)CC1=O)C(N)=O. The Kier molecular flexibility index (Phi) is 7.03. The van der Waals surface area contributed by atoms with Crippen molar-refractivity contribution < 1.29 is 22.8 Å². The van der Waals surface area contributed by atoms with Gasteiger partial charge < -0.3 is 11.1 Å². The minimum absolute atomic E-state index is 0.0284. The molecule has 2 heterocycles. The lowest BCUT2D eigenvalue weighted by atomic mass is 10.0. The van der Waals surface area contributed by atoms with Crippen LogP contribution in [0, 0.1) is 5.92 Å². The predicted octanol–water partition coefficient (Wildman–Crippen LogP) is -0.178. The topological polar surface area (TPSA) is 140 Å². The largest absolute Gasteiger partial charge is 0.369 e. The number of sulfonamides is 1. The Morgan fingerprint density at radius 1 is 1.44 bits per heavy atom. The first-order valence-corrected chi connectivity index (χ1v) is 10.2. The third-order valence-corrected chi connectivity index (χ3v) is 6.35. The van der Waals surface area contributed by atoms with Crippen LogP contribution in [0.2, 0.25) is 0 Å². The summed E-state index contributed by atoms with van der Waals surface area (Å²) in [6.45, 7) is 1.52. The van der Waals surface area contributed by atoms with Gasteiger partial charge in [-0.1, -0.05) is 6.92 Å². The highest BCUT2D eigenvalue weighted by molar-refractivity contribution is 7.89. The van der Waals surface area contributed by atoms with Gasteiger partial charge in [-0.15, -0.1) is 0 Å². The average molecular weight is 396 g/mol. The number of carbonyl (C=O) groups is 3. The normalized spacial score (nSPS) is 19.9. The number of nitrogens with one attached hydrogen (secondary N) is 1. The minimum Gasteiger partial charge on any atom is -0.369 e. The second-order valence-corrected chi connectivity index (χ2v) is 8.54. The Morgan fingerprint density at radius 3 is 2.81 bits per heavy atom. The first-order chi connectivity index (χ1) is 12.7. The molecule has 2 atom stereocenters. The van der Waals surface area contributed by atoms with Gasteiger partial charge in [0.15, 0.2) is 5.78 Å². The lowest BCUT2D eigenvalue weighted by Crippen LogP contribution is -2.44. The van der Waals surface area contributed by atoms with Gasteiger partial charge in [-0.05, 0) is 31.4 Å². The summed E-state index contributed by atoms with van der Waals surface area (Å²) < 4.78 is 26.4. The quantitative estimate of drug-likeness (QED) is 0.655. The Hall–Kier alpha value is -2.33. The van der Waals surface area contributed by atoms with E-state index >= 15 is 0 Å². The van der Waals surface area contributed by atoms with Crippen LogP contribution in [-0.4, -0.2) is 54.4 Å². The number of hydrogen-bond donors (Lipinski definition) is 2. The molecule has 1 aromatic heterocycles. The molecule has 1 aromatic rings. The van der Waals surface area contributed by atoms with Gasteiger partial charge in [0.2, 0.25) is 21.8 Å². The number of ketones is 1. The van der Waals surface area contributed by atoms with E-state index in [2.05, 4.69) is 10.3 Å². The summed E-state index contributed by atoms with van der Waals surface area (Å²) in [5.74, 6) is -1.63. The van der Waals surface area contributed by atoms with Crippen molar-refractivity contribution >= 4 is 27.6 Å². The predicted molar refractivity (Wildman–Crippen MR) is 96.8 cm³/mol. The Balaban J connectivity index is 1.98. The van der Waals surface area contributed by atoms with Crippen LogP contribution in [0.5, 0.6) is 0 Å². The zero-order valence-electron chi connectivity index (χ0n) is 15.1. The Labute approximate surface area is 158 Å². The number of aromatic nitrogens is 1. The van der Waals surface area contributed by atoms with E-state index in [4.69, 9.17) is 5.73 Å². The summed E-state index contributed by atoms with van der Waals surface area (Å²) in [6.07, 6.45) is 3.87. The Morgan fingerprint density at radius 2 is 2.19 bits per heavy atom. The van der Waals surface area contributed by atoms with E-state index in [1.165, 1.54) is 24.5 Å². The number of nitrogens with two attached hydrogens (primary N) is 1. The highest BCUT2D eigenvalue weighted by Gasteiger charge is 2.33. The summed E-state index contributed by atoms with van der Waals surface area (Å²) in [7, 11) is -3.82. The molecule has 10 heteroatoms. The third kappa shape index (κ3) is 5.57. The molecular formula is C17H24N4O5S. The van der Waals surface area contributed by atoms with Crippen LogP contribution in [0.1, 0.15) is 32.6 Å². The molecular weight excluding hydrogens is 372 g/mol. The molecule has 1 saturated heterocycles. The first kappa shape index (κ1) is 21.0. The van der Waals surface area contributed by atoms with E-state index in [1.54, 1.807) is 6.92 Å². The van der Waals surface area contributed by atoms with E-state index in [0.717, 1.165) is 4.31 Å². The van der Waals surface area contributed by atoms with Gasteiger partial charge in [0.25, 0.3) is 0 Å². The maximum atomic E-state index is 12.7. The van der Waals surface area contributed by atoms with Gasteiger partial charge in [0.05, 0.1) is 12.6 Å². The number of carbonyl (C=O) groups excluding carboxylic acids is 3. The second-order valence-electron chi connectivity index (χ2n) is 6.60. The summed E-state index contributed by atoms with van der Waals surface area (Å²) in [5.41, 5.74) is 5.16. The van der Waals surface area contributed by atoms with E-state index in [0.29, 0.717) is 19.3 Å². The molecule has 1 unspecified atom stereocenters. The maximum absolute atomic E-state index is 12.7. The number of pyridine rings is 1. The minimum atomic E-state index is -3.82. The number of hydrogen-bond acceptors (Lipinski definition) is 6. The lowest BCUT2D eigenvalue weighted by molar-refractivity contribution is -0.128. The summed E-state index contributed by atoms with van der Waals surface area (Å²) in [6, 6.07) is 2.20. The number of rotatable bonds is 7. The van der Waals surface area contributed by atoms with E-state index < -0.39 is 27.9 Å². The summed E-state index contributed by atoms with van der Waals surface area (Å²) >= 11 is 0. The fourth-order valence-electron chi connectivity index (χ4n) is 2.76. The fraction of sp³-hybridized carbons (Fsp3) is 0.529. The van der Waals surface area contributed by atoms with Gasteiger partial charge in [-0.3, -0.25) is 19.4 Å². The molecule has 1 aliphatic rings. The van der Waals surface area contributed by atoms with Crippen LogP contribution in [-0.2, 0) is 24.4 Å². The molecule has 0 aromatic carbocycles. The van der Waals surface area contributed by atoms with Crippen LogP contribution < -0.4 is 11.1 Å². The molecule has 0 aliphatic carbocycles. The van der Waals surface area contributed by atoms with Crippen molar-refractivity contribution in [1.29, 1.82) is 0 Å². The van der Waals surface area contributed by atoms with Crippen molar-refractivity contribution in [3.63, 3.8) is 0 Å². The van der Waals surface area contributed by atoms with E-state index in [1.807, 2.05) is 0 Å². The van der Waals surface area contributed by atoms with Crippen molar-refractivity contribution in [3.8, 4) is 0 Å². The van der Waals surface area contributed by atoms with Crippen LogP contribution in [0.15, 0.2) is 29.4 Å². The number of primary amides is 1. The molecule has 1 fully saturated rings. The molecule has 0 radical (unpaired) electrons. The standard InChI is InChI=1S/C17H24N4O5S/c1-12(17(18)24)6-7-16(23)20-14-5-3-9-21(11-15(14)22)27(25,26)13-4-2-8-19-10-13/h2,4,8,10,12,14H,3,5-7,9,11H2,1H3,(H2,18,24)(H,20,23)/t12?,14-/m0/s1. The van der Waals surface area contributed by atoms with Gasteiger partial charge in [0.1, 0.15) is 4.90 Å². The van der Waals surface area contributed by atoms with E-state index in [9.17, 15) is 22.8 Å². The smallest absolute Gasteiger partial charge is 0.245 e. The maximum Gasteiger partial charge on any atom is 0.245 e. The zero-order chi connectivity index (χ0) is 20.0. The fourth-order valence-corrected chi connectivity index (χ4v) is 4.17. The zero-order valence-corrected chi connectivity index (χ0v) is 15.9. The molecule has 27 heavy (non-hydrogen) atoms. The van der Waals surface area contributed by atoms with Crippen LogP contribution in [0.3, 0.4) is 0 Å². The van der Waals surface area contributed by atoms with Crippen LogP contribution in [0.25, 0.3) is 0 Å². The molecule has 0 spiro atoms. The molecule has 0 bridgehead atoms. The number of Topliss-reactive ketones (excluding diaryl/α,β-unsaturated/α-hetero) is 1. The Bertz CT molecular complexity index is 797. The first-order valence-electron chi connectivity index (χ1n) is 8.73. The van der Waals surface area contributed by atoms with Crippen molar-refractivity contribution in [2.75, 3.05) is 13.1 Å². The monoisotopic (exact) mass is 396 g/mol. The van der Waals surface area contributed by atoms with Crippen molar-refractivity contribution in [3.05, 3.63) is 24.5 Å². The number of amides is 2. The van der Waals surface area contributed by atoms with Crippen LogP contribution >= 0.6 is 0 Å². The van der Waals surface area contributed by atoms with Crippen molar-refractivity contribution in [2.45, 2.75) is 43.5 Å². The highest BCUT2D eigenvalue weighted by atomic mass is 32.2. The van der Waals surface area contributed by atoms with Gasteiger partial charge in [0, 0.05) is 31.3 Å². The van der Waals surface area contributed by atoms with Gasteiger partial charge in [-0.2, -0.15) is 4.31 Å². The van der Waals surface area contributed by atoms with Crippen molar-refractivity contribution in [2.24, 2.45) is 11.7 Å². The molecule has 148 valence electrons. The van der Waals surface area contributed by atoms with Crippen LogP contribution in [0.4, 0.5) is 0 Å². The van der Waals surface area contributed by atoms with Gasteiger partial charge >= 0.3 is 0 Å². The third-order valence-electron chi connectivity index (χ3n) is 4.52. The molecule has 3 N–H and O–H groups in total. The molecule has 0 saturated carbocycles. The van der Waals surface area contributed by atoms with Crippen molar-refractivity contribution in [1.82, 2.24) is 14.6 Å². The van der Waals surface area contributed by atoms with Gasteiger partial charge in [-0.25, -0.2) is 8.42 Å². The highest BCUT2D eigenvalue weighted by Crippen LogP contribution is 2.18. The summed E-state index contributed by atoms with van der Waals surface area (Å²) in [5, 5.41) is 2.64.